The van der Waals surface area contributed by atoms with E-state index in [4.69, 9.17) is 0 Å². The Balaban J connectivity index is 2.58. The lowest BCUT2D eigenvalue weighted by atomic mass is 10.2. The third-order valence-corrected chi connectivity index (χ3v) is 2.06. The largest absolute Gasteiger partial charge is 0.507 e. The van der Waals surface area contributed by atoms with Gasteiger partial charge in [-0.25, -0.2) is 4.39 Å². The number of hydrogen-bond donors (Lipinski definition) is 3. The summed E-state index contributed by atoms with van der Waals surface area (Å²) in [5.41, 5.74) is -0.0752. The topological polar surface area (TPSA) is 78.4 Å². The van der Waals surface area contributed by atoms with Gasteiger partial charge in [-0.3, -0.25) is 9.59 Å². The van der Waals surface area contributed by atoms with Gasteiger partial charge in [0.05, 0.1) is 12.1 Å². The third-order valence-electron chi connectivity index (χ3n) is 2.06. The normalized spacial score (nSPS) is 10.2. The molecule has 0 heterocycles. The van der Waals surface area contributed by atoms with Gasteiger partial charge in [0.1, 0.15) is 11.6 Å². The van der Waals surface area contributed by atoms with Gasteiger partial charge in [-0.1, -0.05) is 0 Å². The number of benzene rings is 1. The van der Waals surface area contributed by atoms with Gasteiger partial charge in [-0.15, -0.1) is 0 Å². The van der Waals surface area contributed by atoms with E-state index in [-0.39, 0.29) is 24.1 Å². The first-order valence-corrected chi connectivity index (χ1v) is 5.46. The molecule has 0 radical (unpaired) electrons. The Morgan fingerprint density at radius 3 is 2.61 bits per heavy atom. The zero-order valence-corrected chi connectivity index (χ0v) is 10.2. The van der Waals surface area contributed by atoms with E-state index in [0.717, 1.165) is 18.2 Å². The number of aromatic hydroxyl groups is 1. The summed E-state index contributed by atoms with van der Waals surface area (Å²) < 4.78 is 12.7. The van der Waals surface area contributed by atoms with E-state index in [0.29, 0.717) is 0 Å². The van der Waals surface area contributed by atoms with Crippen molar-refractivity contribution in [2.24, 2.45) is 0 Å². The Morgan fingerprint density at radius 2 is 2.06 bits per heavy atom. The Labute approximate surface area is 104 Å². The van der Waals surface area contributed by atoms with E-state index < -0.39 is 17.5 Å². The second kappa shape index (κ2) is 6.00. The first kappa shape index (κ1) is 14.0. The molecule has 0 unspecified atom stereocenters. The van der Waals surface area contributed by atoms with Crippen LogP contribution in [0.25, 0.3) is 0 Å². The van der Waals surface area contributed by atoms with Crippen molar-refractivity contribution in [3.63, 3.8) is 0 Å². The molecule has 0 saturated heterocycles. The SMILES string of the molecule is CC(C)NC(=O)CNC(=O)c1ccc(F)cc1O. The molecule has 0 aromatic heterocycles. The third kappa shape index (κ3) is 4.04. The molecular formula is C12H15FN2O3. The maximum absolute atomic E-state index is 12.7. The summed E-state index contributed by atoms with van der Waals surface area (Å²) in [6.07, 6.45) is 0. The van der Waals surface area contributed by atoms with Gasteiger partial charge < -0.3 is 15.7 Å². The maximum atomic E-state index is 12.7. The van der Waals surface area contributed by atoms with Crippen LogP contribution in [0.4, 0.5) is 4.39 Å². The van der Waals surface area contributed by atoms with Crippen LogP contribution in [0.1, 0.15) is 24.2 Å². The number of rotatable bonds is 4. The highest BCUT2D eigenvalue weighted by molar-refractivity contribution is 5.98. The molecule has 1 aromatic rings. The van der Waals surface area contributed by atoms with Crippen molar-refractivity contribution in [1.29, 1.82) is 0 Å². The quantitative estimate of drug-likeness (QED) is 0.743. The van der Waals surface area contributed by atoms with Crippen LogP contribution in [-0.2, 0) is 4.79 Å². The van der Waals surface area contributed by atoms with Gasteiger partial charge in [0.25, 0.3) is 5.91 Å². The highest BCUT2D eigenvalue weighted by Crippen LogP contribution is 2.17. The molecule has 3 N–H and O–H groups in total. The van der Waals surface area contributed by atoms with E-state index in [1.54, 1.807) is 13.8 Å². The lowest BCUT2D eigenvalue weighted by Gasteiger charge is -2.09. The standard InChI is InChI=1S/C12H15FN2O3/c1-7(2)15-11(17)6-14-12(18)9-4-3-8(13)5-10(9)16/h3-5,7,16H,6H2,1-2H3,(H,14,18)(H,15,17). The lowest BCUT2D eigenvalue weighted by Crippen LogP contribution is -2.39. The van der Waals surface area contributed by atoms with Crippen LogP contribution in [0.5, 0.6) is 5.75 Å². The van der Waals surface area contributed by atoms with Crippen molar-refractivity contribution in [3.05, 3.63) is 29.6 Å². The molecule has 0 bridgehead atoms. The number of carbonyl (C=O) groups excluding carboxylic acids is 2. The van der Waals surface area contributed by atoms with Crippen LogP contribution >= 0.6 is 0 Å². The molecule has 5 nitrogen and oxygen atoms in total. The van der Waals surface area contributed by atoms with Crippen LogP contribution in [-0.4, -0.2) is 29.5 Å². The van der Waals surface area contributed by atoms with Crippen LogP contribution < -0.4 is 10.6 Å². The highest BCUT2D eigenvalue weighted by Gasteiger charge is 2.13. The van der Waals surface area contributed by atoms with E-state index in [1.807, 2.05) is 0 Å². The van der Waals surface area contributed by atoms with Crippen molar-refractivity contribution in [2.45, 2.75) is 19.9 Å². The van der Waals surface area contributed by atoms with Crippen LogP contribution in [0.15, 0.2) is 18.2 Å². The first-order chi connectivity index (χ1) is 8.40. The smallest absolute Gasteiger partial charge is 0.255 e. The monoisotopic (exact) mass is 254 g/mol. The minimum Gasteiger partial charge on any atom is -0.507 e. The van der Waals surface area contributed by atoms with Crippen molar-refractivity contribution in [1.82, 2.24) is 10.6 Å². The molecule has 2 amide bonds. The summed E-state index contributed by atoms with van der Waals surface area (Å²) in [6.45, 7) is 3.39. The number of halogens is 1. The second-order valence-corrected chi connectivity index (χ2v) is 4.07. The highest BCUT2D eigenvalue weighted by atomic mass is 19.1. The van der Waals surface area contributed by atoms with Crippen LogP contribution in [0, 0.1) is 5.82 Å². The number of nitrogens with one attached hydrogen (secondary N) is 2. The summed E-state index contributed by atoms with van der Waals surface area (Å²) in [5, 5.41) is 14.3. The molecule has 0 aliphatic heterocycles. The van der Waals surface area contributed by atoms with E-state index in [2.05, 4.69) is 10.6 Å². The molecule has 1 aromatic carbocycles. The molecule has 0 atom stereocenters. The van der Waals surface area contributed by atoms with Gasteiger partial charge in [0.15, 0.2) is 0 Å². The van der Waals surface area contributed by atoms with Crippen LogP contribution in [0.2, 0.25) is 0 Å². The Hall–Kier alpha value is -2.11. The van der Waals surface area contributed by atoms with E-state index in [1.165, 1.54) is 0 Å². The number of phenolic OH excluding ortho intramolecular Hbond substituents is 1. The van der Waals surface area contributed by atoms with Gasteiger partial charge in [-0.05, 0) is 26.0 Å². The predicted molar refractivity (Wildman–Crippen MR) is 63.7 cm³/mol. The minimum absolute atomic E-state index is 0.0198. The maximum Gasteiger partial charge on any atom is 0.255 e. The van der Waals surface area contributed by atoms with Crippen LogP contribution in [0.3, 0.4) is 0 Å². The van der Waals surface area contributed by atoms with Crippen molar-refractivity contribution in [3.8, 4) is 5.75 Å². The van der Waals surface area contributed by atoms with Gasteiger partial charge in [0.2, 0.25) is 5.91 Å². The molecule has 0 aliphatic carbocycles. The van der Waals surface area contributed by atoms with Gasteiger partial charge >= 0.3 is 0 Å². The molecular weight excluding hydrogens is 239 g/mol. The Bertz CT molecular complexity index is 461. The zero-order valence-electron chi connectivity index (χ0n) is 10.2. The molecule has 18 heavy (non-hydrogen) atoms. The fraction of sp³-hybridized carbons (Fsp3) is 0.333. The van der Waals surface area contributed by atoms with Gasteiger partial charge in [-0.2, -0.15) is 0 Å². The molecule has 0 saturated carbocycles. The second-order valence-electron chi connectivity index (χ2n) is 4.07. The number of phenols is 1. The number of carbonyl (C=O) groups is 2. The predicted octanol–water partition coefficient (Wildman–Crippen LogP) is 0.786. The summed E-state index contributed by atoms with van der Waals surface area (Å²) in [4.78, 5) is 22.9. The van der Waals surface area contributed by atoms with E-state index >= 15 is 0 Å². The minimum atomic E-state index is -0.637. The molecule has 98 valence electrons. The number of amides is 2. The fourth-order valence-electron chi connectivity index (χ4n) is 1.33. The fourth-order valence-corrected chi connectivity index (χ4v) is 1.33. The van der Waals surface area contributed by atoms with Gasteiger partial charge in [0, 0.05) is 12.1 Å². The van der Waals surface area contributed by atoms with Crippen molar-refractivity contribution >= 4 is 11.8 Å². The zero-order chi connectivity index (χ0) is 13.7. The molecule has 1 rings (SSSR count). The first-order valence-electron chi connectivity index (χ1n) is 5.46. The lowest BCUT2D eigenvalue weighted by molar-refractivity contribution is -0.120. The molecule has 0 aliphatic rings. The summed E-state index contributed by atoms with van der Waals surface area (Å²) in [7, 11) is 0. The number of hydrogen-bond acceptors (Lipinski definition) is 3. The van der Waals surface area contributed by atoms with Crippen molar-refractivity contribution < 1.29 is 19.1 Å². The van der Waals surface area contributed by atoms with E-state index in [9.17, 15) is 19.1 Å². The Kier molecular flexibility index (Phi) is 4.65. The average Bonchev–Trinajstić information content (AvgIpc) is 2.25. The van der Waals surface area contributed by atoms with Crippen molar-refractivity contribution in [2.75, 3.05) is 6.54 Å². The molecule has 0 fully saturated rings. The summed E-state index contributed by atoms with van der Waals surface area (Å²) >= 11 is 0. The molecule has 0 spiro atoms. The Morgan fingerprint density at radius 1 is 1.39 bits per heavy atom. The summed E-state index contributed by atoms with van der Waals surface area (Å²) in [5.74, 6) is -2.07. The summed E-state index contributed by atoms with van der Waals surface area (Å²) in [6, 6.07) is 3.03. The molecule has 6 heteroatoms. The average molecular weight is 254 g/mol.